The van der Waals surface area contributed by atoms with Crippen molar-refractivity contribution in [3.8, 4) is 11.5 Å². The standard InChI is InChI=1S/C18H19BrO4/c19-16-10-12-9-14-15(21-6-5-20-14)11-13(12)17(16)1-3-18(4-2-17)22-7-8-23-18/h9-11H,1-8H2. The van der Waals surface area contributed by atoms with Crippen molar-refractivity contribution in [1.82, 2.24) is 0 Å². The van der Waals surface area contributed by atoms with Crippen molar-refractivity contribution in [3.05, 3.63) is 27.7 Å². The molecule has 1 aromatic rings. The van der Waals surface area contributed by atoms with E-state index in [9.17, 15) is 0 Å². The van der Waals surface area contributed by atoms with Crippen molar-refractivity contribution < 1.29 is 18.9 Å². The molecule has 0 aromatic heterocycles. The Bertz CT molecular complexity index is 681. The van der Waals surface area contributed by atoms with Crippen LogP contribution in [-0.4, -0.2) is 32.2 Å². The first-order valence-electron chi connectivity index (χ1n) is 8.31. The SMILES string of the molecule is BrC1=Cc2cc3c(cc2C12CCC1(CC2)OCCO1)OCCO3. The zero-order chi connectivity index (χ0) is 15.5. The predicted molar refractivity (Wildman–Crippen MR) is 89.1 cm³/mol. The Morgan fingerprint density at radius 3 is 2.17 bits per heavy atom. The Hall–Kier alpha value is -1.04. The van der Waals surface area contributed by atoms with Crippen LogP contribution >= 0.6 is 15.9 Å². The lowest BCUT2D eigenvalue weighted by Crippen LogP contribution is -2.41. The van der Waals surface area contributed by atoms with Gasteiger partial charge in [0.1, 0.15) is 13.2 Å². The van der Waals surface area contributed by atoms with Crippen LogP contribution in [0.3, 0.4) is 0 Å². The van der Waals surface area contributed by atoms with Gasteiger partial charge in [0.25, 0.3) is 0 Å². The molecular weight excluding hydrogens is 360 g/mol. The molecule has 0 unspecified atom stereocenters. The summed E-state index contributed by atoms with van der Waals surface area (Å²) in [4.78, 5) is 0. The minimum Gasteiger partial charge on any atom is -0.486 e. The Labute approximate surface area is 143 Å². The van der Waals surface area contributed by atoms with Gasteiger partial charge < -0.3 is 18.9 Å². The normalized spacial score (nSPS) is 26.4. The van der Waals surface area contributed by atoms with Crippen molar-refractivity contribution in [2.24, 2.45) is 0 Å². The van der Waals surface area contributed by atoms with E-state index in [0.717, 1.165) is 50.4 Å². The molecule has 0 atom stereocenters. The summed E-state index contributed by atoms with van der Waals surface area (Å²) in [5.74, 6) is 1.40. The molecule has 2 heterocycles. The van der Waals surface area contributed by atoms with E-state index >= 15 is 0 Å². The number of benzene rings is 1. The highest BCUT2D eigenvalue weighted by Crippen LogP contribution is 2.57. The van der Waals surface area contributed by atoms with Gasteiger partial charge in [-0.25, -0.2) is 0 Å². The van der Waals surface area contributed by atoms with Crippen LogP contribution < -0.4 is 9.47 Å². The van der Waals surface area contributed by atoms with E-state index in [2.05, 4.69) is 34.1 Å². The molecule has 0 radical (unpaired) electrons. The van der Waals surface area contributed by atoms with E-state index in [1.807, 2.05) is 0 Å². The third kappa shape index (κ3) is 2.03. The highest BCUT2D eigenvalue weighted by Gasteiger charge is 2.50. The summed E-state index contributed by atoms with van der Waals surface area (Å²) in [7, 11) is 0. The van der Waals surface area contributed by atoms with Crippen LogP contribution in [0.1, 0.15) is 36.8 Å². The van der Waals surface area contributed by atoms with Gasteiger partial charge in [-0.15, -0.1) is 0 Å². The predicted octanol–water partition coefficient (Wildman–Crippen LogP) is 3.76. The molecule has 0 N–H and O–H groups in total. The monoisotopic (exact) mass is 378 g/mol. The van der Waals surface area contributed by atoms with E-state index in [4.69, 9.17) is 18.9 Å². The van der Waals surface area contributed by atoms with E-state index in [0.29, 0.717) is 13.2 Å². The number of ether oxygens (including phenoxy) is 4. The number of hydrogen-bond acceptors (Lipinski definition) is 4. The van der Waals surface area contributed by atoms with Crippen LogP contribution in [-0.2, 0) is 14.9 Å². The second-order valence-electron chi connectivity index (χ2n) is 6.77. The molecule has 2 aliphatic heterocycles. The molecule has 0 amide bonds. The second-order valence-corrected chi connectivity index (χ2v) is 7.62. The summed E-state index contributed by atoms with van der Waals surface area (Å²) in [5, 5.41) is 0. The number of rotatable bonds is 0. The van der Waals surface area contributed by atoms with Gasteiger partial charge in [-0.1, -0.05) is 15.9 Å². The van der Waals surface area contributed by atoms with Gasteiger partial charge in [0.2, 0.25) is 0 Å². The lowest BCUT2D eigenvalue weighted by atomic mass is 9.69. The lowest BCUT2D eigenvalue weighted by molar-refractivity contribution is -0.182. The van der Waals surface area contributed by atoms with Crippen molar-refractivity contribution in [2.75, 3.05) is 26.4 Å². The van der Waals surface area contributed by atoms with Crippen LogP contribution in [0.4, 0.5) is 0 Å². The molecule has 2 aliphatic carbocycles. The Kier molecular flexibility index (Phi) is 3.10. The van der Waals surface area contributed by atoms with E-state index in [-0.39, 0.29) is 11.2 Å². The summed E-state index contributed by atoms with van der Waals surface area (Å²) in [5.41, 5.74) is 2.62. The number of allylic oxidation sites excluding steroid dienone is 1. The summed E-state index contributed by atoms with van der Waals surface area (Å²) in [6, 6.07) is 4.30. The van der Waals surface area contributed by atoms with E-state index in [1.54, 1.807) is 0 Å². The number of hydrogen-bond donors (Lipinski definition) is 0. The van der Waals surface area contributed by atoms with Crippen LogP contribution in [0.5, 0.6) is 11.5 Å². The molecule has 1 saturated carbocycles. The van der Waals surface area contributed by atoms with Gasteiger partial charge in [0, 0.05) is 22.7 Å². The molecule has 23 heavy (non-hydrogen) atoms. The maximum atomic E-state index is 5.90. The van der Waals surface area contributed by atoms with Gasteiger partial charge in [-0.3, -0.25) is 0 Å². The van der Waals surface area contributed by atoms with Crippen LogP contribution in [0, 0.1) is 0 Å². The van der Waals surface area contributed by atoms with Gasteiger partial charge in [-0.05, 0) is 42.2 Å². The first-order chi connectivity index (χ1) is 11.2. The third-order valence-electron chi connectivity index (χ3n) is 5.65. The molecule has 4 aliphatic rings. The smallest absolute Gasteiger partial charge is 0.168 e. The van der Waals surface area contributed by atoms with Gasteiger partial charge in [0.05, 0.1) is 13.2 Å². The second kappa shape index (κ2) is 4.98. The fourth-order valence-electron chi connectivity index (χ4n) is 4.39. The van der Waals surface area contributed by atoms with Crippen molar-refractivity contribution in [2.45, 2.75) is 36.9 Å². The van der Waals surface area contributed by atoms with Crippen LogP contribution in [0.25, 0.3) is 6.08 Å². The van der Waals surface area contributed by atoms with Crippen LogP contribution in [0.2, 0.25) is 0 Å². The Morgan fingerprint density at radius 2 is 1.48 bits per heavy atom. The molecule has 5 rings (SSSR count). The molecule has 0 bridgehead atoms. The number of fused-ring (bicyclic) bond motifs is 3. The number of halogens is 1. The topological polar surface area (TPSA) is 36.9 Å². The fraction of sp³-hybridized carbons (Fsp3) is 0.556. The first kappa shape index (κ1) is 14.3. The average Bonchev–Trinajstić information content (AvgIpc) is 3.13. The highest BCUT2D eigenvalue weighted by atomic mass is 79.9. The first-order valence-corrected chi connectivity index (χ1v) is 9.10. The molecule has 1 aromatic carbocycles. The van der Waals surface area contributed by atoms with Gasteiger partial charge in [0.15, 0.2) is 17.3 Å². The van der Waals surface area contributed by atoms with E-state index in [1.165, 1.54) is 15.6 Å². The summed E-state index contributed by atoms with van der Waals surface area (Å²) >= 11 is 3.84. The molecule has 4 nitrogen and oxygen atoms in total. The highest BCUT2D eigenvalue weighted by molar-refractivity contribution is 9.11. The minimum absolute atomic E-state index is 0.0335. The molecule has 1 saturated heterocycles. The fourth-order valence-corrected chi connectivity index (χ4v) is 5.25. The maximum Gasteiger partial charge on any atom is 0.168 e. The molecule has 122 valence electrons. The van der Waals surface area contributed by atoms with Gasteiger partial charge >= 0.3 is 0 Å². The summed E-state index contributed by atoms with van der Waals surface area (Å²) in [6.45, 7) is 2.69. The zero-order valence-corrected chi connectivity index (χ0v) is 14.5. The third-order valence-corrected chi connectivity index (χ3v) is 6.64. The van der Waals surface area contributed by atoms with Crippen LogP contribution in [0.15, 0.2) is 16.6 Å². The molecule has 2 fully saturated rings. The molecule has 2 spiro atoms. The van der Waals surface area contributed by atoms with Crippen molar-refractivity contribution in [1.29, 1.82) is 0 Å². The molecular formula is C18H19BrO4. The quantitative estimate of drug-likeness (QED) is 0.688. The lowest BCUT2D eigenvalue weighted by Gasteiger charge is -2.43. The Balaban J connectivity index is 1.52. The van der Waals surface area contributed by atoms with Crippen molar-refractivity contribution in [3.63, 3.8) is 0 Å². The van der Waals surface area contributed by atoms with Crippen molar-refractivity contribution >= 4 is 22.0 Å². The summed E-state index contributed by atoms with van der Waals surface area (Å²) < 4.78 is 24.6. The van der Waals surface area contributed by atoms with Gasteiger partial charge in [-0.2, -0.15) is 0 Å². The maximum absolute atomic E-state index is 5.90. The van der Waals surface area contributed by atoms with E-state index < -0.39 is 0 Å². The largest absolute Gasteiger partial charge is 0.486 e. The molecule has 5 heteroatoms. The average molecular weight is 379 g/mol. The minimum atomic E-state index is -0.338. The Morgan fingerprint density at radius 1 is 0.826 bits per heavy atom. The zero-order valence-electron chi connectivity index (χ0n) is 12.9. The summed E-state index contributed by atoms with van der Waals surface area (Å²) in [6.07, 6.45) is 6.16.